The van der Waals surface area contributed by atoms with Crippen molar-refractivity contribution in [1.29, 1.82) is 0 Å². The molecule has 2 N–H and O–H groups in total. The Balaban J connectivity index is 2.04. The highest BCUT2D eigenvalue weighted by molar-refractivity contribution is 6.31. The fraction of sp³-hybridized carbons (Fsp3) is 0.500. The minimum absolute atomic E-state index is 0.0121. The average molecular weight is 267 g/mol. The van der Waals surface area contributed by atoms with Crippen molar-refractivity contribution >= 4 is 17.5 Å². The standard InChI is InChI=1S/C14H19ClN2O/c1-10-12(5-2-6-13(10)15)14(18)17-11-4-3-8-16-9-7-11/h2,5-6,11,16H,3-4,7-9H2,1H3,(H,17,18). The summed E-state index contributed by atoms with van der Waals surface area (Å²) in [5.41, 5.74) is 1.53. The highest BCUT2D eigenvalue weighted by Crippen LogP contribution is 2.19. The molecule has 1 atom stereocenters. The van der Waals surface area contributed by atoms with E-state index in [0.717, 1.165) is 37.9 Å². The molecule has 1 aromatic rings. The number of carbonyl (C=O) groups excluding carboxylic acids is 1. The molecule has 1 fully saturated rings. The molecule has 1 aromatic carbocycles. The van der Waals surface area contributed by atoms with E-state index in [4.69, 9.17) is 11.6 Å². The van der Waals surface area contributed by atoms with Crippen molar-refractivity contribution in [3.63, 3.8) is 0 Å². The van der Waals surface area contributed by atoms with Crippen LogP contribution in [0.15, 0.2) is 18.2 Å². The van der Waals surface area contributed by atoms with Crippen molar-refractivity contribution in [3.8, 4) is 0 Å². The van der Waals surface area contributed by atoms with Gasteiger partial charge < -0.3 is 10.6 Å². The van der Waals surface area contributed by atoms with Gasteiger partial charge in [-0.15, -0.1) is 0 Å². The lowest BCUT2D eigenvalue weighted by Gasteiger charge is -2.17. The first-order valence-electron chi connectivity index (χ1n) is 6.45. The van der Waals surface area contributed by atoms with Crippen LogP contribution in [0.25, 0.3) is 0 Å². The molecule has 4 heteroatoms. The third-order valence-corrected chi connectivity index (χ3v) is 3.83. The first-order valence-corrected chi connectivity index (χ1v) is 6.83. The Morgan fingerprint density at radius 1 is 1.39 bits per heavy atom. The minimum Gasteiger partial charge on any atom is -0.349 e. The summed E-state index contributed by atoms with van der Waals surface area (Å²) >= 11 is 6.04. The minimum atomic E-state index is -0.0121. The van der Waals surface area contributed by atoms with Crippen molar-refractivity contribution in [1.82, 2.24) is 10.6 Å². The number of halogens is 1. The van der Waals surface area contributed by atoms with Crippen LogP contribution in [0.5, 0.6) is 0 Å². The van der Waals surface area contributed by atoms with Crippen LogP contribution in [0.3, 0.4) is 0 Å². The molecule has 1 amide bonds. The summed E-state index contributed by atoms with van der Waals surface area (Å²) in [6, 6.07) is 5.72. The van der Waals surface area contributed by atoms with E-state index >= 15 is 0 Å². The summed E-state index contributed by atoms with van der Waals surface area (Å²) in [7, 11) is 0. The lowest BCUT2D eigenvalue weighted by molar-refractivity contribution is 0.0933. The molecule has 0 bridgehead atoms. The van der Waals surface area contributed by atoms with E-state index in [1.54, 1.807) is 0 Å². The largest absolute Gasteiger partial charge is 0.349 e. The van der Waals surface area contributed by atoms with E-state index in [0.29, 0.717) is 10.6 Å². The van der Waals surface area contributed by atoms with Gasteiger partial charge >= 0.3 is 0 Å². The van der Waals surface area contributed by atoms with Crippen LogP contribution in [0.4, 0.5) is 0 Å². The molecular weight excluding hydrogens is 248 g/mol. The van der Waals surface area contributed by atoms with Crippen LogP contribution >= 0.6 is 11.6 Å². The van der Waals surface area contributed by atoms with Crippen LogP contribution in [-0.2, 0) is 0 Å². The zero-order chi connectivity index (χ0) is 13.0. The van der Waals surface area contributed by atoms with Gasteiger partial charge in [0.05, 0.1) is 0 Å². The fourth-order valence-corrected chi connectivity index (χ4v) is 2.45. The number of amides is 1. The van der Waals surface area contributed by atoms with Gasteiger partial charge in [0.1, 0.15) is 0 Å². The molecular formula is C14H19ClN2O. The number of nitrogens with one attached hydrogen (secondary N) is 2. The molecule has 1 unspecified atom stereocenters. The van der Waals surface area contributed by atoms with Crippen LogP contribution in [0.1, 0.15) is 35.2 Å². The van der Waals surface area contributed by atoms with Crippen LogP contribution < -0.4 is 10.6 Å². The quantitative estimate of drug-likeness (QED) is 0.864. The number of hydrogen-bond donors (Lipinski definition) is 2. The molecule has 1 aliphatic rings. The number of rotatable bonds is 2. The molecule has 1 heterocycles. The Hall–Kier alpha value is -1.06. The number of benzene rings is 1. The molecule has 18 heavy (non-hydrogen) atoms. The van der Waals surface area contributed by atoms with Crippen molar-refractivity contribution < 1.29 is 4.79 Å². The van der Waals surface area contributed by atoms with Gasteiger partial charge in [-0.3, -0.25) is 4.79 Å². The Morgan fingerprint density at radius 3 is 3.06 bits per heavy atom. The average Bonchev–Trinajstić information content (AvgIpc) is 2.61. The van der Waals surface area contributed by atoms with Crippen molar-refractivity contribution in [2.45, 2.75) is 32.2 Å². The van der Waals surface area contributed by atoms with Crippen LogP contribution in [0, 0.1) is 6.92 Å². The normalized spacial score (nSPS) is 20.2. The third kappa shape index (κ3) is 3.24. The summed E-state index contributed by atoms with van der Waals surface area (Å²) in [5.74, 6) is -0.0121. The number of carbonyl (C=O) groups is 1. The second-order valence-corrected chi connectivity index (χ2v) is 5.17. The van der Waals surface area contributed by atoms with Gasteiger partial charge in [0, 0.05) is 16.6 Å². The van der Waals surface area contributed by atoms with Crippen LogP contribution in [-0.4, -0.2) is 25.0 Å². The fourth-order valence-electron chi connectivity index (χ4n) is 2.28. The molecule has 1 aliphatic heterocycles. The second-order valence-electron chi connectivity index (χ2n) is 4.76. The van der Waals surface area contributed by atoms with E-state index in [1.165, 1.54) is 0 Å². The van der Waals surface area contributed by atoms with Crippen molar-refractivity contribution in [3.05, 3.63) is 34.3 Å². The lowest BCUT2D eigenvalue weighted by Crippen LogP contribution is -2.35. The van der Waals surface area contributed by atoms with E-state index < -0.39 is 0 Å². The number of hydrogen-bond acceptors (Lipinski definition) is 2. The Bertz CT molecular complexity index is 426. The summed E-state index contributed by atoms with van der Waals surface area (Å²) in [5, 5.41) is 7.09. The van der Waals surface area contributed by atoms with Crippen molar-refractivity contribution in [2.75, 3.05) is 13.1 Å². The topological polar surface area (TPSA) is 41.1 Å². The first kappa shape index (κ1) is 13.4. The monoisotopic (exact) mass is 266 g/mol. The molecule has 0 aromatic heterocycles. The van der Waals surface area contributed by atoms with Gasteiger partial charge in [-0.25, -0.2) is 0 Å². The SMILES string of the molecule is Cc1c(Cl)cccc1C(=O)NC1CCCNCC1. The van der Waals surface area contributed by atoms with E-state index in [9.17, 15) is 4.79 Å². The van der Waals surface area contributed by atoms with Crippen molar-refractivity contribution in [2.24, 2.45) is 0 Å². The maximum atomic E-state index is 12.2. The van der Waals surface area contributed by atoms with E-state index in [2.05, 4.69) is 10.6 Å². The molecule has 3 nitrogen and oxygen atoms in total. The Morgan fingerprint density at radius 2 is 2.22 bits per heavy atom. The zero-order valence-electron chi connectivity index (χ0n) is 10.6. The maximum Gasteiger partial charge on any atom is 0.251 e. The molecule has 0 radical (unpaired) electrons. The molecule has 2 rings (SSSR count). The van der Waals surface area contributed by atoms with Gasteiger partial charge in [0.25, 0.3) is 5.91 Å². The zero-order valence-corrected chi connectivity index (χ0v) is 11.4. The molecule has 0 aliphatic carbocycles. The van der Waals surface area contributed by atoms with Gasteiger partial charge in [0.2, 0.25) is 0 Å². The predicted molar refractivity (Wildman–Crippen MR) is 74.2 cm³/mol. The van der Waals surface area contributed by atoms with E-state index in [1.807, 2.05) is 25.1 Å². The molecule has 98 valence electrons. The summed E-state index contributed by atoms with van der Waals surface area (Å²) in [6.07, 6.45) is 3.14. The Kier molecular flexibility index (Phi) is 4.61. The Labute approximate surface area is 113 Å². The van der Waals surface area contributed by atoms with Gasteiger partial charge in [-0.2, -0.15) is 0 Å². The third-order valence-electron chi connectivity index (χ3n) is 3.42. The summed E-state index contributed by atoms with van der Waals surface area (Å²) in [6.45, 7) is 3.90. The van der Waals surface area contributed by atoms with Gasteiger partial charge in [-0.1, -0.05) is 17.7 Å². The molecule has 0 spiro atoms. The smallest absolute Gasteiger partial charge is 0.251 e. The van der Waals surface area contributed by atoms with Gasteiger partial charge in [-0.05, 0) is 57.0 Å². The summed E-state index contributed by atoms with van der Waals surface area (Å²) in [4.78, 5) is 12.2. The molecule has 1 saturated heterocycles. The highest BCUT2D eigenvalue weighted by Gasteiger charge is 2.17. The maximum absolute atomic E-state index is 12.2. The highest BCUT2D eigenvalue weighted by atomic mass is 35.5. The molecule has 0 saturated carbocycles. The summed E-state index contributed by atoms with van der Waals surface area (Å²) < 4.78 is 0. The van der Waals surface area contributed by atoms with E-state index in [-0.39, 0.29) is 11.9 Å². The predicted octanol–water partition coefficient (Wildman–Crippen LogP) is 2.52. The first-order chi connectivity index (χ1) is 8.68. The van der Waals surface area contributed by atoms with Gasteiger partial charge in [0.15, 0.2) is 0 Å². The lowest BCUT2D eigenvalue weighted by atomic mass is 10.1. The van der Waals surface area contributed by atoms with Crippen LogP contribution in [0.2, 0.25) is 5.02 Å². The second kappa shape index (κ2) is 6.21.